The van der Waals surface area contributed by atoms with Crippen molar-refractivity contribution < 1.29 is 0 Å². The van der Waals surface area contributed by atoms with Gasteiger partial charge in [0.1, 0.15) is 0 Å². The van der Waals surface area contributed by atoms with Crippen molar-refractivity contribution in [2.45, 2.75) is 6.42 Å². The third kappa shape index (κ3) is 1.27. The highest BCUT2D eigenvalue weighted by molar-refractivity contribution is 9.10. The van der Waals surface area contributed by atoms with Crippen molar-refractivity contribution in [2.75, 3.05) is 0 Å². The third-order valence-electron chi connectivity index (χ3n) is 2.76. The Hall–Kier alpha value is -1.35. The molecule has 0 amide bonds. The minimum atomic E-state index is 0.00794. The molecule has 0 radical (unpaired) electrons. The molecule has 0 saturated carbocycles. The molecule has 0 spiro atoms. The zero-order valence-corrected chi connectivity index (χ0v) is 9.47. The number of pyridine rings is 1. The number of benzene rings is 1. The molecule has 1 aromatic heterocycles. The first-order chi connectivity index (χ1) is 7.25. The van der Waals surface area contributed by atoms with Crippen molar-refractivity contribution in [3.05, 3.63) is 56.4 Å². The zero-order valence-electron chi connectivity index (χ0n) is 7.88. The highest BCUT2D eigenvalue weighted by atomic mass is 79.9. The number of hydrogen-bond acceptors (Lipinski definition) is 1. The quantitative estimate of drug-likeness (QED) is 0.663. The van der Waals surface area contributed by atoms with Crippen LogP contribution in [-0.2, 0) is 6.42 Å². The van der Waals surface area contributed by atoms with Gasteiger partial charge >= 0.3 is 0 Å². The van der Waals surface area contributed by atoms with E-state index < -0.39 is 0 Å². The topological polar surface area (TPSA) is 32.9 Å². The lowest BCUT2D eigenvalue weighted by Gasteiger charge is -1.99. The fourth-order valence-electron chi connectivity index (χ4n) is 2.12. The van der Waals surface area contributed by atoms with Crippen LogP contribution in [0.2, 0.25) is 0 Å². The van der Waals surface area contributed by atoms with E-state index in [0.29, 0.717) is 0 Å². The number of halogens is 1. The second-order valence-electron chi connectivity index (χ2n) is 3.69. The average Bonchev–Trinajstić information content (AvgIpc) is 2.56. The van der Waals surface area contributed by atoms with Crippen molar-refractivity contribution in [2.24, 2.45) is 0 Å². The first-order valence-corrected chi connectivity index (χ1v) is 5.54. The summed E-state index contributed by atoms with van der Waals surface area (Å²) in [6.07, 6.45) is 2.57. The summed E-state index contributed by atoms with van der Waals surface area (Å²) >= 11 is 3.44. The summed E-state index contributed by atoms with van der Waals surface area (Å²) in [5.74, 6) is 0. The minimum Gasteiger partial charge on any atom is -0.329 e. The number of fused-ring (bicyclic) bond motifs is 3. The maximum Gasteiger partial charge on any atom is 0.256 e. The Labute approximate surface area is 95.1 Å². The SMILES string of the molecule is O=c1[nH]ccc2c1-c1ccc(Br)cc1C2. The standard InChI is InChI=1S/C12H8BrNO/c13-9-1-2-10-8(6-9)5-7-3-4-14-12(15)11(7)10/h1-4,6H,5H2,(H,14,15). The molecule has 0 unspecified atom stereocenters. The van der Waals surface area contributed by atoms with Crippen molar-refractivity contribution in [1.29, 1.82) is 0 Å². The van der Waals surface area contributed by atoms with Crippen LogP contribution in [0.4, 0.5) is 0 Å². The van der Waals surface area contributed by atoms with Crippen LogP contribution < -0.4 is 5.56 Å². The molecule has 0 bridgehead atoms. The van der Waals surface area contributed by atoms with E-state index in [1.807, 2.05) is 18.2 Å². The highest BCUT2D eigenvalue weighted by Crippen LogP contribution is 2.34. The van der Waals surface area contributed by atoms with E-state index >= 15 is 0 Å². The first kappa shape index (κ1) is 8.92. The summed E-state index contributed by atoms with van der Waals surface area (Å²) in [4.78, 5) is 14.4. The molecule has 1 aliphatic rings. The molecule has 3 rings (SSSR count). The van der Waals surface area contributed by atoms with Gasteiger partial charge in [-0.3, -0.25) is 4.79 Å². The molecule has 74 valence electrons. The number of hydrogen-bond donors (Lipinski definition) is 1. The van der Waals surface area contributed by atoms with Gasteiger partial charge in [0.25, 0.3) is 5.56 Å². The Bertz CT molecular complexity index is 601. The maximum absolute atomic E-state index is 11.7. The lowest BCUT2D eigenvalue weighted by atomic mass is 10.1. The van der Waals surface area contributed by atoms with Crippen molar-refractivity contribution in [3.8, 4) is 11.1 Å². The second-order valence-corrected chi connectivity index (χ2v) is 4.60. The molecule has 0 saturated heterocycles. The molecular weight excluding hydrogens is 254 g/mol. The summed E-state index contributed by atoms with van der Waals surface area (Å²) < 4.78 is 1.06. The Morgan fingerprint density at radius 2 is 2.07 bits per heavy atom. The minimum absolute atomic E-state index is 0.00794. The van der Waals surface area contributed by atoms with E-state index in [1.165, 1.54) is 5.56 Å². The van der Waals surface area contributed by atoms with Crippen LogP contribution in [0, 0.1) is 0 Å². The number of aromatic amines is 1. The van der Waals surface area contributed by atoms with Gasteiger partial charge in [0.2, 0.25) is 0 Å². The van der Waals surface area contributed by atoms with Crippen LogP contribution in [0.15, 0.2) is 39.7 Å². The van der Waals surface area contributed by atoms with Crippen molar-refractivity contribution in [3.63, 3.8) is 0 Å². The normalized spacial score (nSPS) is 12.3. The van der Waals surface area contributed by atoms with Gasteiger partial charge in [-0.15, -0.1) is 0 Å². The van der Waals surface area contributed by atoms with Crippen LogP contribution in [0.3, 0.4) is 0 Å². The van der Waals surface area contributed by atoms with E-state index in [2.05, 4.69) is 27.0 Å². The number of H-pyrrole nitrogens is 1. The molecule has 1 heterocycles. The number of nitrogens with one attached hydrogen (secondary N) is 1. The molecule has 0 aliphatic heterocycles. The van der Waals surface area contributed by atoms with Gasteiger partial charge in [-0.25, -0.2) is 0 Å². The van der Waals surface area contributed by atoms with Gasteiger partial charge in [0.05, 0.1) is 5.56 Å². The lowest BCUT2D eigenvalue weighted by Crippen LogP contribution is -2.07. The lowest BCUT2D eigenvalue weighted by molar-refractivity contribution is 1.19. The second kappa shape index (κ2) is 3.07. The Balaban J connectivity index is 2.36. The van der Waals surface area contributed by atoms with Crippen LogP contribution in [0.25, 0.3) is 11.1 Å². The van der Waals surface area contributed by atoms with Crippen LogP contribution >= 0.6 is 15.9 Å². The van der Waals surface area contributed by atoms with Gasteiger partial charge < -0.3 is 4.98 Å². The van der Waals surface area contributed by atoms with Gasteiger partial charge in [-0.05, 0) is 41.3 Å². The maximum atomic E-state index is 11.7. The molecule has 1 N–H and O–H groups in total. The van der Waals surface area contributed by atoms with E-state index in [-0.39, 0.29) is 5.56 Å². The van der Waals surface area contributed by atoms with Crippen LogP contribution in [0.1, 0.15) is 11.1 Å². The summed E-state index contributed by atoms with van der Waals surface area (Å²) in [6.45, 7) is 0. The molecule has 0 fully saturated rings. The highest BCUT2D eigenvalue weighted by Gasteiger charge is 2.20. The monoisotopic (exact) mass is 261 g/mol. The molecule has 2 nitrogen and oxygen atoms in total. The Kier molecular flexibility index (Phi) is 1.83. The molecule has 0 atom stereocenters. The first-order valence-electron chi connectivity index (χ1n) is 4.75. The number of rotatable bonds is 0. The van der Waals surface area contributed by atoms with Crippen molar-refractivity contribution in [1.82, 2.24) is 4.98 Å². The van der Waals surface area contributed by atoms with Crippen LogP contribution in [-0.4, -0.2) is 4.98 Å². The molecule has 15 heavy (non-hydrogen) atoms. The predicted octanol–water partition coefficient (Wildman–Crippen LogP) is 2.71. The molecule has 3 heteroatoms. The van der Waals surface area contributed by atoms with E-state index in [0.717, 1.165) is 27.6 Å². The van der Waals surface area contributed by atoms with Crippen molar-refractivity contribution >= 4 is 15.9 Å². The molecule has 1 aromatic carbocycles. The van der Waals surface area contributed by atoms with E-state index in [4.69, 9.17) is 0 Å². The molecule has 2 aromatic rings. The Morgan fingerprint density at radius 3 is 2.93 bits per heavy atom. The largest absolute Gasteiger partial charge is 0.329 e. The Morgan fingerprint density at radius 1 is 1.20 bits per heavy atom. The van der Waals surface area contributed by atoms with Gasteiger partial charge in [0.15, 0.2) is 0 Å². The fourth-order valence-corrected chi connectivity index (χ4v) is 2.53. The molecule has 1 aliphatic carbocycles. The average molecular weight is 262 g/mol. The summed E-state index contributed by atoms with van der Waals surface area (Å²) in [7, 11) is 0. The fraction of sp³-hybridized carbons (Fsp3) is 0.0833. The summed E-state index contributed by atoms with van der Waals surface area (Å²) in [5.41, 5.74) is 4.24. The summed E-state index contributed by atoms with van der Waals surface area (Å²) in [6, 6.07) is 8.03. The number of aromatic nitrogens is 1. The smallest absolute Gasteiger partial charge is 0.256 e. The third-order valence-corrected chi connectivity index (χ3v) is 3.26. The summed E-state index contributed by atoms with van der Waals surface area (Å²) in [5, 5.41) is 0. The van der Waals surface area contributed by atoms with Gasteiger partial charge in [-0.1, -0.05) is 22.0 Å². The predicted molar refractivity (Wildman–Crippen MR) is 63.0 cm³/mol. The van der Waals surface area contributed by atoms with E-state index in [1.54, 1.807) is 6.20 Å². The zero-order chi connectivity index (χ0) is 10.4. The van der Waals surface area contributed by atoms with Gasteiger partial charge in [0, 0.05) is 10.7 Å². The van der Waals surface area contributed by atoms with Gasteiger partial charge in [-0.2, -0.15) is 0 Å². The molecular formula is C12H8BrNO. The van der Waals surface area contributed by atoms with E-state index in [9.17, 15) is 4.79 Å². The van der Waals surface area contributed by atoms with Crippen LogP contribution in [0.5, 0.6) is 0 Å².